The molecule has 222 valence electrons. The van der Waals surface area contributed by atoms with E-state index in [1.165, 1.54) is 70.9 Å². The lowest BCUT2D eigenvalue weighted by atomic mass is 9.79. The van der Waals surface area contributed by atoms with Crippen LogP contribution in [0.15, 0.2) is 108 Å². The molecule has 5 aromatic rings. The number of hydrogen-bond donors (Lipinski definition) is 1. The molecule has 0 atom stereocenters. The second kappa shape index (κ2) is 12.2. The molecule has 1 fully saturated rings. The Bertz CT molecular complexity index is 1940. The van der Waals surface area contributed by atoms with Gasteiger partial charge in [0, 0.05) is 37.6 Å². The highest BCUT2D eigenvalue weighted by atomic mass is 16.1. The van der Waals surface area contributed by atoms with E-state index < -0.39 is 0 Å². The standard InChI is InChI=1S/C31H34N2.C8H6N2O/c1-22(2)26-8-5-6-10-31(26)33-19-17-32(18-20-33)25-13-16-28-24(21-25)12-15-29-27-9-4-3-7-23(27)11-14-30(28)29;11-8-6-3-1-2-4-7(6)9-5-10-8/h4-6,8-10,12-13,15-16,21-22H,3,7,11,14,17-20H2,1-2H3;1-5H,(H,9,10,11). The summed E-state index contributed by atoms with van der Waals surface area (Å²) in [5.41, 5.74) is 11.1. The van der Waals surface area contributed by atoms with Crippen molar-refractivity contribution in [1.29, 1.82) is 0 Å². The second-order valence-electron chi connectivity index (χ2n) is 12.4. The molecule has 5 heteroatoms. The molecule has 0 amide bonds. The number of benzene rings is 4. The molecule has 1 aliphatic heterocycles. The van der Waals surface area contributed by atoms with Crippen molar-refractivity contribution in [3.8, 4) is 0 Å². The van der Waals surface area contributed by atoms with Crippen molar-refractivity contribution >= 4 is 38.6 Å². The fourth-order valence-electron chi connectivity index (χ4n) is 7.11. The van der Waals surface area contributed by atoms with Gasteiger partial charge in [0.25, 0.3) is 5.56 Å². The first kappa shape index (κ1) is 28.1. The molecule has 4 aromatic carbocycles. The normalized spacial score (nSPS) is 16.2. The van der Waals surface area contributed by atoms with Crippen molar-refractivity contribution in [2.45, 2.75) is 45.4 Å². The lowest BCUT2D eigenvalue weighted by molar-refractivity contribution is 0.649. The quantitative estimate of drug-likeness (QED) is 0.233. The first-order valence-corrected chi connectivity index (χ1v) is 16.0. The van der Waals surface area contributed by atoms with Crippen LogP contribution in [0.1, 0.15) is 55.7 Å². The van der Waals surface area contributed by atoms with Gasteiger partial charge in [-0.1, -0.05) is 80.1 Å². The molecular weight excluding hydrogens is 540 g/mol. The summed E-state index contributed by atoms with van der Waals surface area (Å²) < 4.78 is 0. The maximum atomic E-state index is 11.1. The molecule has 0 radical (unpaired) electrons. The Balaban J connectivity index is 0.000000239. The highest BCUT2D eigenvalue weighted by Gasteiger charge is 2.23. The molecule has 1 aromatic heterocycles. The summed E-state index contributed by atoms with van der Waals surface area (Å²) in [7, 11) is 0. The fraction of sp³-hybridized carbons (Fsp3) is 0.282. The van der Waals surface area contributed by atoms with Gasteiger partial charge in [-0.05, 0) is 95.0 Å². The minimum absolute atomic E-state index is 0.0874. The van der Waals surface area contributed by atoms with Crippen LogP contribution in [0.5, 0.6) is 0 Å². The SMILES string of the molecule is CC(C)c1ccccc1N1CCN(c2ccc3c4c(ccc3c2)C2=C(CCC=C2)CC4)CC1.O=c1[nH]cnc2ccccc12. The zero-order chi connectivity index (χ0) is 30.0. The Labute approximate surface area is 259 Å². The minimum Gasteiger partial charge on any atom is -0.368 e. The van der Waals surface area contributed by atoms with Gasteiger partial charge in [0.1, 0.15) is 0 Å². The van der Waals surface area contributed by atoms with Gasteiger partial charge in [0.05, 0.1) is 17.2 Å². The number of H-pyrrole nitrogens is 1. The van der Waals surface area contributed by atoms with Crippen LogP contribution in [0, 0.1) is 0 Å². The third-order valence-corrected chi connectivity index (χ3v) is 9.45. The number of nitrogens with zero attached hydrogens (tertiary/aromatic N) is 3. The number of allylic oxidation sites excluding steroid dienone is 4. The average Bonchev–Trinajstić information content (AvgIpc) is 3.08. The van der Waals surface area contributed by atoms with E-state index in [0.717, 1.165) is 31.7 Å². The van der Waals surface area contributed by atoms with E-state index >= 15 is 0 Å². The molecule has 3 aliphatic rings. The largest absolute Gasteiger partial charge is 0.368 e. The number of nitrogens with one attached hydrogen (secondary N) is 1. The molecule has 0 unspecified atom stereocenters. The zero-order valence-electron chi connectivity index (χ0n) is 25.7. The number of aryl methyl sites for hydroxylation is 1. The van der Waals surface area contributed by atoms with Crippen LogP contribution in [0.25, 0.3) is 27.2 Å². The highest BCUT2D eigenvalue weighted by molar-refractivity contribution is 5.95. The average molecular weight is 581 g/mol. The van der Waals surface area contributed by atoms with Crippen LogP contribution in [0.4, 0.5) is 11.4 Å². The van der Waals surface area contributed by atoms with Crippen LogP contribution < -0.4 is 15.4 Å². The number of rotatable bonds is 3. The first-order valence-electron chi connectivity index (χ1n) is 16.0. The zero-order valence-corrected chi connectivity index (χ0v) is 25.7. The summed E-state index contributed by atoms with van der Waals surface area (Å²) >= 11 is 0. The Morgan fingerprint density at radius 2 is 1.59 bits per heavy atom. The molecule has 8 rings (SSSR count). The van der Waals surface area contributed by atoms with Gasteiger partial charge in [-0.25, -0.2) is 4.98 Å². The van der Waals surface area contributed by atoms with Crippen molar-refractivity contribution in [3.63, 3.8) is 0 Å². The summed E-state index contributed by atoms with van der Waals surface area (Å²) in [4.78, 5) is 22.7. The number of aromatic amines is 1. The molecule has 2 aliphatic carbocycles. The maximum Gasteiger partial charge on any atom is 0.258 e. The summed E-state index contributed by atoms with van der Waals surface area (Å²) in [6, 6.07) is 28.1. The molecule has 0 bridgehead atoms. The summed E-state index contributed by atoms with van der Waals surface area (Å²) in [6.07, 6.45) is 11.0. The fourth-order valence-corrected chi connectivity index (χ4v) is 7.11. The summed E-state index contributed by atoms with van der Waals surface area (Å²) in [6.45, 7) is 8.90. The lowest BCUT2D eigenvalue weighted by Crippen LogP contribution is -2.46. The smallest absolute Gasteiger partial charge is 0.258 e. The lowest BCUT2D eigenvalue weighted by Gasteiger charge is -2.38. The number of piperazine rings is 1. The van der Waals surface area contributed by atoms with E-state index in [2.05, 4.69) is 100 Å². The van der Waals surface area contributed by atoms with E-state index in [9.17, 15) is 4.79 Å². The minimum atomic E-state index is -0.0874. The Morgan fingerprint density at radius 1 is 0.795 bits per heavy atom. The summed E-state index contributed by atoms with van der Waals surface area (Å²) in [5, 5.41) is 3.48. The monoisotopic (exact) mass is 580 g/mol. The van der Waals surface area contributed by atoms with Gasteiger partial charge in [-0.2, -0.15) is 0 Å². The molecule has 44 heavy (non-hydrogen) atoms. The van der Waals surface area contributed by atoms with Crippen molar-refractivity contribution < 1.29 is 0 Å². The molecule has 1 saturated heterocycles. The maximum absolute atomic E-state index is 11.1. The Hall–Kier alpha value is -4.64. The molecular formula is C39H40N4O. The topological polar surface area (TPSA) is 52.2 Å². The van der Waals surface area contributed by atoms with Gasteiger partial charge in [-0.3, -0.25) is 4.79 Å². The number of hydrogen-bond acceptors (Lipinski definition) is 4. The highest BCUT2D eigenvalue weighted by Crippen LogP contribution is 2.40. The Kier molecular flexibility index (Phi) is 7.78. The molecule has 0 saturated carbocycles. The third-order valence-electron chi connectivity index (χ3n) is 9.45. The van der Waals surface area contributed by atoms with E-state index in [-0.39, 0.29) is 5.56 Å². The first-order chi connectivity index (χ1) is 21.6. The van der Waals surface area contributed by atoms with E-state index in [4.69, 9.17) is 0 Å². The number of anilines is 2. The molecule has 1 N–H and O–H groups in total. The van der Waals surface area contributed by atoms with Crippen LogP contribution in [0.2, 0.25) is 0 Å². The molecule has 5 nitrogen and oxygen atoms in total. The van der Waals surface area contributed by atoms with Crippen molar-refractivity contribution in [2.75, 3.05) is 36.0 Å². The van der Waals surface area contributed by atoms with E-state index in [1.54, 1.807) is 17.2 Å². The van der Waals surface area contributed by atoms with Crippen LogP contribution >= 0.6 is 0 Å². The van der Waals surface area contributed by atoms with Gasteiger partial charge in [0.2, 0.25) is 0 Å². The van der Waals surface area contributed by atoms with Crippen LogP contribution in [-0.4, -0.2) is 36.1 Å². The number of para-hydroxylation sites is 2. The number of aromatic nitrogens is 2. The third kappa shape index (κ3) is 5.43. The van der Waals surface area contributed by atoms with Gasteiger partial charge < -0.3 is 14.8 Å². The van der Waals surface area contributed by atoms with Gasteiger partial charge in [-0.15, -0.1) is 0 Å². The molecule has 2 heterocycles. The predicted molar refractivity (Wildman–Crippen MR) is 185 cm³/mol. The predicted octanol–water partition coefficient (Wildman–Crippen LogP) is 8.26. The van der Waals surface area contributed by atoms with Crippen molar-refractivity contribution in [3.05, 3.63) is 130 Å². The van der Waals surface area contributed by atoms with Crippen molar-refractivity contribution in [2.24, 2.45) is 0 Å². The number of fused-ring (bicyclic) bond motifs is 5. The van der Waals surface area contributed by atoms with Gasteiger partial charge >= 0.3 is 0 Å². The van der Waals surface area contributed by atoms with E-state index in [1.807, 2.05) is 18.2 Å². The molecule has 0 spiro atoms. The Morgan fingerprint density at radius 3 is 2.43 bits per heavy atom. The van der Waals surface area contributed by atoms with E-state index in [0.29, 0.717) is 11.3 Å². The summed E-state index contributed by atoms with van der Waals surface area (Å²) in [5.74, 6) is 0.557. The van der Waals surface area contributed by atoms with Crippen LogP contribution in [0.3, 0.4) is 0 Å². The second-order valence-corrected chi connectivity index (χ2v) is 12.4. The van der Waals surface area contributed by atoms with Gasteiger partial charge in [0.15, 0.2) is 0 Å². The van der Waals surface area contributed by atoms with Crippen LogP contribution in [-0.2, 0) is 6.42 Å². The van der Waals surface area contributed by atoms with Crippen molar-refractivity contribution in [1.82, 2.24) is 9.97 Å².